The molecular weight excluding hydrogens is 364 g/mol. The highest BCUT2D eigenvalue weighted by molar-refractivity contribution is 5.29. The summed E-state index contributed by atoms with van der Waals surface area (Å²) in [6.45, 7) is 17.6. The van der Waals surface area contributed by atoms with Crippen molar-refractivity contribution in [2.24, 2.45) is 52.3 Å². The lowest BCUT2D eigenvalue weighted by atomic mass is 9.43. The summed E-state index contributed by atoms with van der Waals surface area (Å²) in [5, 5.41) is 10.4. The van der Waals surface area contributed by atoms with Crippen molar-refractivity contribution in [1.29, 1.82) is 0 Å². The van der Waals surface area contributed by atoms with Crippen molar-refractivity contribution < 1.29 is 5.11 Å². The Labute approximate surface area is 187 Å². The van der Waals surface area contributed by atoms with E-state index in [2.05, 4.69) is 48.5 Å². The van der Waals surface area contributed by atoms with Crippen LogP contribution in [-0.4, -0.2) is 11.2 Å². The number of hydrogen-bond acceptors (Lipinski definition) is 1. The number of allylic oxidation sites excluding steroid dienone is 2. The Bertz CT molecular complexity index is 661. The van der Waals surface area contributed by atoms with Crippen LogP contribution in [0.1, 0.15) is 113 Å². The van der Waals surface area contributed by atoms with Crippen LogP contribution in [0.2, 0.25) is 0 Å². The molecule has 0 aromatic heterocycles. The summed E-state index contributed by atoms with van der Waals surface area (Å²) in [6, 6.07) is 0. The molecule has 1 unspecified atom stereocenters. The summed E-state index contributed by atoms with van der Waals surface area (Å²) in [5.74, 6) is 5.85. The Kier molecular flexibility index (Phi) is 6.28. The van der Waals surface area contributed by atoms with Crippen LogP contribution in [0, 0.1) is 52.3 Å². The highest BCUT2D eigenvalue weighted by Gasteiger charge is 2.61. The Morgan fingerprint density at radius 1 is 0.867 bits per heavy atom. The van der Waals surface area contributed by atoms with E-state index >= 15 is 0 Å². The largest absolute Gasteiger partial charge is 0.393 e. The molecule has 1 N–H and O–H groups in total. The van der Waals surface area contributed by atoms with Gasteiger partial charge >= 0.3 is 0 Å². The van der Waals surface area contributed by atoms with Gasteiger partial charge in [0.2, 0.25) is 0 Å². The van der Waals surface area contributed by atoms with Crippen molar-refractivity contribution in [2.75, 3.05) is 0 Å². The molecular formula is C29H50O. The lowest BCUT2D eigenvalue weighted by Gasteiger charge is -2.61. The van der Waals surface area contributed by atoms with Gasteiger partial charge in [0.1, 0.15) is 0 Å². The van der Waals surface area contributed by atoms with E-state index in [1.807, 2.05) is 0 Å². The molecule has 1 nitrogen and oxygen atoms in total. The monoisotopic (exact) mass is 414 g/mol. The lowest BCUT2D eigenvalue weighted by molar-refractivity contribution is -0.0897. The standard InChI is InChI=1S/C29H50O/c1-18(2)9-8-10-19(3)23-11-12-24-27-21(5)20(4)26-17-22(30)13-15-29(26,7)25(27)14-16-28(23,24)6/h18-19,22-27,30H,8-17H2,1-7H3/t19-,22+,23-,24+,25+,26?,27+,28-,29-/m1/s1. The molecule has 4 rings (SSSR count). The summed E-state index contributed by atoms with van der Waals surface area (Å²) in [5.41, 5.74) is 4.38. The van der Waals surface area contributed by atoms with Gasteiger partial charge in [-0.1, -0.05) is 65.0 Å². The number of aliphatic hydroxyl groups excluding tert-OH is 1. The van der Waals surface area contributed by atoms with Crippen molar-refractivity contribution in [3.8, 4) is 0 Å². The van der Waals surface area contributed by atoms with Crippen molar-refractivity contribution in [3.63, 3.8) is 0 Å². The Morgan fingerprint density at radius 3 is 2.23 bits per heavy atom. The number of hydrogen-bond donors (Lipinski definition) is 1. The first-order valence-corrected chi connectivity index (χ1v) is 13.4. The molecule has 0 spiro atoms. The molecule has 0 aromatic carbocycles. The second kappa shape index (κ2) is 8.24. The topological polar surface area (TPSA) is 20.2 Å². The zero-order valence-electron chi connectivity index (χ0n) is 21.1. The molecule has 9 atom stereocenters. The van der Waals surface area contributed by atoms with Gasteiger partial charge in [0, 0.05) is 0 Å². The van der Waals surface area contributed by atoms with Gasteiger partial charge in [-0.05, 0) is 111 Å². The van der Waals surface area contributed by atoms with Crippen molar-refractivity contribution in [3.05, 3.63) is 11.1 Å². The predicted molar refractivity (Wildman–Crippen MR) is 128 cm³/mol. The van der Waals surface area contributed by atoms with E-state index in [4.69, 9.17) is 0 Å². The minimum absolute atomic E-state index is 0.0706. The van der Waals surface area contributed by atoms with Crippen LogP contribution < -0.4 is 0 Å². The maximum atomic E-state index is 10.4. The third kappa shape index (κ3) is 3.54. The van der Waals surface area contributed by atoms with E-state index in [0.717, 1.165) is 48.3 Å². The van der Waals surface area contributed by atoms with Crippen LogP contribution >= 0.6 is 0 Å². The van der Waals surface area contributed by atoms with Crippen molar-refractivity contribution in [2.45, 2.75) is 119 Å². The maximum Gasteiger partial charge on any atom is 0.0546 e. The summed E-state index contributed by atoms with van der Waals surface area (Å²) in [6.07, 6.45) is 13.3. The first-order valence-electron chi connectivity index (χ1n) is 13.4. The van der Waals surface area contributed by atoms with Gasteiger partial charge in [-0.3, -0.25) is 0 Å². The third-order valence-corrected chi connectivity index (χ3v) is 11.3. The second-order valence-electron chi connectivity index (χ2n) is 13.1. The Morgan fingerprint density at radius 2 is 1.53 bits per heavy atom. The normalized spacial score (nSPS) is 47.1. The van der Waals surface area contributed by atoms with Crippen LogP contribution in [0.3, 0.4) is 0 Å². The van der Waals surface area contributed by atoms with Gasteiger partial charge in [-0.15, -0.1) is 0 Å². The molecule has 172 valence electrons. The van der Waals surface area contributed by atoms with Gasteiger partial charge in [-0.25, -0.2) is 0 Å². The fraction of sp³-hybridized carbons (Fsp3) is 0.931. The van der Waals surface area contributed by atoms with E-state index in [1.54, 1.807) is 11.1 Å². The molecule has 0 aliphatic heterocycles. The minimum atomic E-state index is -0.0706. The molecule has 0 aromatic rings. The second-order valence-corrected chi connectivity index (χ2v) is 13.1. The highest BCUT2D eigenvalue weighted by Crippen LogP contribution is 2.69. The number of fused-ring (bicyclic) bond motifs is 5. The first-order chi connectivity index (χ1) is 14.1. The molecule has 0 amide bonds. The van der Waals surface area contributed by atoms with E-state index < -0.39 is 0 Å². The third-order valence-electron chi connectivity index (χ3n) is 11.3. The van der Waals surface area contributed by atoms with Crippen LogP contribution in [0.25, 0.3) is 0 Å². The molecule has 0 saturated heterocycles. The molecule has 0 bridgehead atoms. The molecule has 4 aliphatic carbocycles. The van der Waals surface area contributed by atoms with Crippen molar-refractivity contribution in [1.82, 2.24) is 0 Å². The SMILES string of the molecule is CC1=C(C)[C@H]2[C@@H]3CC[C@H]([C@H](C)CCCC(C)C)[C@@]3(C)CC[C@@H]2[C@@]2(C)CC[C@H](O)CC12. The summed E-state index contributed by atoms with van der Waals surface area (Å²) < 4.78 is 0. The molecule has 1 heteroatoms. The summed E-state index contributed by atoms with van der Waals surface area (Å²) in [7, 11) is 0. The van der Waals surface area contributed by atoms with Crippen LogP contribution in [-0.2, 0) is 0 Å². The smallest absolute Gasteiger partial charge is 0.0546 e. The molecule has 0 radical (unpaired) electrons. The molecule has 30 heavy (non-hydrogen) atoms. The van der Waals surface area contributed by atoms with Gasteiger partial charge in [0.05, 0.1) is 6.10 Å². The molecule has 0 heterocycles. The highest BCUT2D eigenvalue weighted by atomic mass is 16.3. The van der Waals surface area contributed by atoms with Crippen LogP contribution in [0.4, 0.5) is 0 Å². The predicted octanol–water partition coefficient (Wildman–Crippen LogP) is 8.02. The number of aliphatic hydroxyl groups is 1. The minimum Gasteiger partial charge on any atom is -0.393 e. The average Bonchev–Trinajstić information content (AvgIpc) is 3.04. The zero-order chi connectivity index (χ0) is 21.8. The van der Waals surface area contributed by atoms with Crippen molar-refractivity contribution >= 4 is 0 Å². The maximum absolute atomic E-state index is 10.4. The Balaban J connectivity index is 1.58. The van der Waals surface area contributed by atoms with Gasteiger partial charge in [0.15, 0.2) is 0 Å². The molecule has 3 fully saturated rings. The average molecular weight is 415 g/mol. The van der Waals surface area contributed by atoms with E-state index in [1.165, 1.54) is 51.4 Å². The fourth-order valence-electron chi connectivity index (χ4n) is 9.47. The lowest BCUT2D eigenvalue weighted by Crippen LogP contribution is -2.54. The summed E-state index contributed by atoms with van der Waals surface area (Å²) >= 11 is 0. The Hall–Kier alpha value is -0.300. The van der Waals surface area contributed by atoms with E-state index in [-0.39, 0.29) is 6.10 Å². The van der Waals surface area contributed by atoms with E-state index in [0.29, 0.717) is 16.7 Å². The van der Waals surface area contributed by atoms with Crippen LogP contribution in [0.5, 0.6) is 0 Å². The molecule has 3 saturated carbocycles. The number of rotatable bonds is 5. The zero-order valence-corrected chi connectivity index (χ0v) is 21.1. The van der Waals surface area contributed by atoms with Gasteiger partial charge in [-0.2, -0.15) is 0 Å². The molecule has 4 aliphatic rings. The fourth-order valence-corrected chi connectivity index (χ4v) is 9.47. The first kappa shape index (κ1) is 22.9. The summed E-state index contributed by atoms with van der Waals surface area (Å²) in [4.78, 5) is 0. The van der Waals surface area contributed by atoms with Gasteiger partial charge in [0.25, 0.3) is 0 Å². The quantitative estimate of drug-likeness (QED) is 0.451. The van der Waals surface area contributed by atoms with Gasteiger partial charge < -0.3 is 5.11 Å². The van der Waals surface area contributed by atoms with Crippen LogP contribution in [0.15, 0.2) is 11.1 Å². The van der Waals surface area contributed by atoms with E-state index in [9.17, 15) is 5.11 Å².